The quantitative estimate of drug-likeness (QED) is 0.706. The highest BCUT2D eigenvalue weighted by Crippen LogP contribution is 2.18. The summed E-state index contributed by atoms with van der Waals surface area (Å²) in [5, 5.41) is 0. The lowest BCUT2D eigenvalue weighted by molar-refractivity contribution is 0.501. The molecular weight excluding hydrogens is 244 g/mol. The minimum absolute atomic E-state index is 0.188. The Balaban J connectivity index is 2.31. The maximum Gasteiger partial charge on any atom is 0.161 e. The second kappa shape index (κ2) is 4.80. The zero-order valence-corrected chi connectivity index (χ0v) is 9.61. The second-order valence-corrected chi connectivity index (χ2v) is 4.13. The monoisotopic (exact) mass is 254 g/mol. The summed E-state index contributed by atoms with van der Waals surface area (Å²) in [4.78, 5) is 0. The second-order valence-electron chi connectivity index (χ2n) is 4.13. The molecule has 0 N–H and O–H groups in total. The van der Waals surface area contributed by atoms with Crippen molar-refractivity contribution < 1.29 is 17.6 Å². The summed E-state index contributed by atoms with van der Waals surface area (Å²) in [7, 11) is 0. The van der Waals surface area contributed by atoms with Gasteiger partial charge in [0.2, 0.25) is 0 Å². The van der Waals surface area contributed by atoms with Crippen molar-refractivity contribution in [2.45, 2.75) is 13.3 Å². The van der Waals surface area contributed by atoms with Crippen LogP contribution in [0.15, 0.2) is 30.3 Å². The molecule has 0 atom stereocenters. The van der Waals surface area contributed by atoms with Gasteiger partial charge in [-0.2, -0.15) is 0 Å². The predicted octanol–water partition coefficient (Wildman–Crippen LogP) is 4.14. The summed E-state index contributed by atoms with van der Waals surface area (Å²) < 4.78 is 52.0. The Labute approximate surface area is 102 Å². The van der Waals surface area contributed by atoms with Gasteiger partial charge in [-0.15, -0.1) is 0 Å². The fourth-order valence-electron chi connectivity index (χ4n) is 1.78. The molecule has 0 nitrogen and oxygen atoms in total. The van der Waals surface area contributed by atoms with Crippen LogP contribution in [0.2, 0.25) is 0 Å². The van der Waals surface area contributed by atoms with Crippen LogP contribution < -0.4 is 0 Å². The molecule has 2 aromatic rings. The minimum atomic E-state index is -0.952. The number of halogens is 4. The first-order chi connectivity index (χ1) is 8.47. The highest BCUT2D eigenvalue weighted by molar-refractivity contribution is 5.31. The molecule has 0 unspecified atom stereocenters. The first kappa shape index (κ1) is 12.6. The Bertz CT molecular complexity index is 567. The van der Waals surface area contributed by atoms with E-state index in [2.05, 4.69) is 0 Å². The molecule has 0 saturated carbocycles. The normalized spacial score (nSPS) is 10.7. The average Bonchev–Trinajstić information content (AvgIpc) is 2.31. The van der Waals surface area contributed by atoms with Crippen molar-refractivity contribution in [1.29, 1.82) is 0 Å². The van der Waals surface area contributed by atoms with Crippen LogP contribution >= 0.6 is 0 Å². The average molecular weight is 254 g/mol. The van der Waals surface area contributed by atoms with E-state index in [-0.39, 0.29) is 12.0 Å². The van der Waals surface area contributed by atoms with Crippen LogP contribution in [0.5, 0.6) is 0 Å². The number of rotatable bonds is 2. The van der Waals surface area contributed by atoms with Gasteiger partial charge in [-0.25, -0.2) is 17.6 Å². The van der Waals surface area contributed by atoms with Gasteiger partial charge in [-0.3, -0.25) is 0 Å². The van der Waals surface area contributed by atoms with Gasteiger partial charge in [0.05, 0.1) is 0 Å². The summed E-state index contributed by atoms with van der Waals surface area (Å²) in [6, 6.07) is 6.02. The minimum Gasteiger partial charge on any atom is -0.204 e. The first-order valence-electron chi connectivity index (χ1n) is 5.36. The molecule has 18 heavy (non-hydrogen) atoms. The highest BCUT2D eigenvalue weighted by Gasteiger charge is 2.09. The summed E-state index contributed by atoms with van der Waals surface area (Å²) in [5.74, 6) is -3.70. The van der Waals surface area contributed by atoms with Crippen molar-refractivity contribution in [2.24, 2.45) is 0 Å². The molecule has 0 amide bonds. The molecule has 0 radical (unpaired) electrons. The molecule has 0 heterocycles. The van der Waals surface area contributed by atoms with Gasteiger partial charge < -0.3 is 0 Å². The lowest BCUT2D eigenvalue weighted by Crippen LogP contribution is -1.96. The Kier molecular flexibility index (Phi) is 3.36. The van der Waals surface area contributed by atoms with Gasteiger partial charge in [0.15, 0.2) is 23.3 Å². The largest absolute Gasteiger partial charge is 0.204 e. The van der Waals surface area contributed by atoms with Crippen LogP contribution in [-0.4, -0.2) is 0 Å². The van der Waals surface area contributed by atoms with Crippen LogP contribution in [0, 0.1) is 30.2 Å². The maximum atomic E-state index is 13.2. The molecule has 2 rings (SSSR count). The van der Waals surface area contributed by atoms with E-state index in [0.29, 0.717) is 11.1 Å². The fraction of sp³-hybridized carbons (Fsp3) is 0.143. The van der Waals surface area contributed by atoms with Crippen molar-refractivity contribution in [3.8, 4) is 0 Å². The molecule has 0 saturated heterocycles. The van der Waals surface area contributed by atoms with Crippen molar-refractivity contribution in [3.63, 3.8) is 0 Å². The van der Waals surface area contributed by atoms with E-state index in [0.717, 1.165) is 18.2 Å². The van der Waals surface area contributed by atoms with Crippen molar-refractivity contribution in [1.82, 2.24) is 0 Å². The molecular formula is C14H10F4. The van der Waals surface area contributed by atoms with Crippen molar-refractivity contribution in [2.75, 3.05) is 0 Å². The van der Waals surface area contributed by atoms with Gasteiger partial charge in [0.1, 0.15) is 0 Å². The topological polar surface area (TPSA) is 0 Å². The molecule has 0 aliphatic rings. The molecule has 2 aromatic carbocycles. The predicted molar refractivity (Wildman–Crippen MR) is 60.3 cm³/mol. The van der Waals surface area contributed by atoms with Gasteiger partial charge >= 0.3 is 0 Å². The Morgan fingerprint density at radius 1 is 0.778 bits per heavy atom. The zero-order valence-electron chi connectivity index (χ0n) is 9.61. The Morgan fingerprint density at radius 2 is 1.44 bits per heavy atom. The number of hydrogen-bond donors (Lipinski definition) is 0. The summed E-state index contributed by atoms with van der Waals surface area (Å²) in [6.45, 7) is 1.45. The van der Waals surface area contributed by atoms with Crippen LogP contribution in [0.3, 0.4) is 0 Å². The first-order valence-corrected chi connectivity index (χ1v) is 5.36. The third kappa shape index (κ3) is 2.53. The fourth-order valence-corrected chi connectivity index (χ4v) is 1.78. The summed E-state index contributed by atoms with van der Waals surface area (Å²) in [5.41, 5.74) is 1.20. The van der Waals surface area contributed by atoms with Crippen LogP contribution in [0.1, 0.15) is 16.7 Å². The van der Waals surface area contributed by atoms with Crippen LogP contribution in [0.4, 0.5) is 17.6 Å². The van der Waals surface area contributed by atoms with Crippen LogP contribution in [0.25, 0.3) is 0 Å². The summed E-state index contributed by atoms with van der Waals surface area (Å²) >= 11 is 0. The lowest BCUT2D eigenvalue weighted by Gasteiger charge is -2.06. The van der Waals surface area contributed by atoms with E-state index in [4.69, 9.17) is 0 Å². The van der Waals surface area contributed by atoms with Gasteiger partial charge in [-0.05, 0) is 48.2 Å². The third-order valence-electron chi connectivity index (χ3n) is 2.66. The molecule has 0 bridgehead atoms. The zero-order chi connectivity index (χ0) is 13.3. The number of hydrogen-bond acceptors (Lipinski definition) is 0. The number of aryl methyl sites for hydroxylation is 1. The van der Waals surface area contributed by atoms with Crippen molar-refractivity contribution >= 4 is 0 Å². The van der Waals surface area contributed by atoms with E-state index >= 15 is 0 Å². The molecule has 4 heteroatoms. The van der Waals surface area contributed by atoms with Crippen molar-refractivity contribution in [3.05, 3.63) is 70.3 Å². The van der Waals surface area contributed by atoms with Gasteiger partial charge in [0, 0.05) is 0 Å². The van der Waals surface area contributed by atoms with E-state index < -0.39 is 23.3 Å². The molecule has 0 aliphatic heterocycles. The van der Waals surface area contributed by atoms with E-state index in [9.17, 15) is 17.6 Å². The third-order valence-corrected chi connectivity index (χ3v) is 2.66. The summed E-state index contributed by atoms with van der Waals surface area (Å²) in [6.07, 6.45) is 0.217. The van der Waals surface area contributed by atoms with Gasteiger partial charge in [-0.1, -0.05) is 12.1 Å². The number of benzene rings is 2. The van der Waals surface area contributed by atoms with E-state index in [1.54, 1.807) is 0 Å². The molecule has 0 aliphatic carbocycles. The highest BCUT2D eigenvalue weighted by atomic mass is 19.2. The Morgan fingerprint density at radius 3 is 2.06 bits per heavy atom. The molecule has 0 aromatic heterocycles. The molecule has 0 fully saturated rings. The standard InChI is InChI=1S/C14H10F4/c1-8-4-10(7-13(17)14(8)18)5-9-2-3-11(15)12(16)6-9/h2-4,6-7H,5H2,1H3. The molecule has 94 valence electrons. The SMILES string of the molecule is Cc1cc(Cc2ccc(F)c(F)c2)cc(F)c1F. The lowest BCUT2D eigenvalue weighted by atomic mass is 10.0. The Hall–Kier alpha value is -1.84. The van der Waals surface area contributed by atoms with E-state index in [1.807, 2.05) is 0 Å². The van der Waals surface area contributed by atoms with Crippen LogP contribution in [-0.2, 0) is 6.42 Å². The smallest absolute Gasteiger partial charge is 0.161 e. The molecule has 0 spiro atoms. The van der Waals surface area contributed by atoms with E-state index in [1.165, 1.54) is 19.1 Å². The van der Waals surface area contributed by atoms with Gasteiger partial charge in [0.25, 0.3) is 0 Å². The maximum absolute atomic E-state index is 13.2.